The van der Waals surface area contributed by atoms with Gasteiger partial charge in [-0.1, -0.05) is 18.2 Å². The Morgan fingerprint density at radius 2 is 1.69 bits per heavy atom. The van der Waals surface area contributed by atoms with E-state index in [1.165, 1.54) is 42.5 Å². The third-order valence-electron chi connectivity index (χ3n) is 5.65. The van der Waals surface area contributed by atoms with Gasteiger partial charge in [0.2, 0.25) is 0 Å². The van der Waals surface area contributed by atoms with Crippen molar-refractivity contribution >= 4 is 28.6 Å². The van der Waals surface area contributed by atoms with E-state index in [1.54, 1.807) is 30.3 Å². The van der Waals surface area contributed by atoms with Crippen LogP contribution < -0.4 is 5.32 Å². The van der Waals surface area contributed by atoms with Crippen LogP contribution in [0.2, 0.25) is 0 Å². The summed E-state index contributed by atoms with van der Waals surface area (Å²) in [4.78, 5) is 37.1. The molecule has 2 aromatic carbocycles. The molecule has 0 aliphatic heterocycles. The molecule has 5 aromatic rings. The number of anilines is 1. The fraction of sp³-hybridized carbons (Fsp3) is 0.0769. The molecule has 0 radical (unpaired) electrons. The number of rotatable bonds is 5. The largest absolute Gasteiger partial charge is 0.464 e. The SMILES string of the molecule is COC(=O)c1cc2c(NC(=O)c3cc(-c4ncccn4)c(C(F)(F)F)cc3F)n(-c3ccccc3)nc2cn1. The summed E-state index contributed by atoms with van der Waals surface area (Å²) in [6.07, 6.45) is -1.20. The molecule has 9 nitrogen and oxygen atoms in total. The van der Waals surface area contributed by atoms with Crippen molar-refractivity contribution in [2.45, 2.75) is 6.18 Å². The minimum atomic E-state index is -4.94. The molecule has 13 heteroatoms. The Bertz CT molecular complexity index is 1710. The minimum absolute atomic E-state index is 0.0190. The number of para-hydroxylation sites is 1. The molecular weight excluding hydrogens is 520 g/mol. The first kappa shape index (κ1) is 25.4. The molecule has 3 heterocycles. The molecule has 0 fully saturated rings. The fourth-order valence-electron chi connectivity index (χ4n) is 3.86. The van der Waals surface area contributed by atoms with Crippen LogP contribution in [0.4, 0.5) is 23.4 Å². The van der Waals surface area contributed by atoms with E-state index in [4.69, 9.17) is 4.74 Å². The van der Waals surface area contributed by atoms with Crippen LogP contribution >= 0.6 is 0 Å². The number of alkyl halides is 3. The number of carbonyl (C=O) groups excluding carboxylic acids is 2. The summed E-state index contributed by atoms with van der Waals surface area (Å²) in [7, 11) is 1.17. The van der Waals surface area contributed by atoms with Crippen molar-refractivity contribution in [3.05, 3.63) is 95.8 Å². The van der Waals surface area contributed by atoms with Gasteiger partial charge in [0.1, 0.15) is 22.8 Å². The number of halogens is 4. The van der Waals surface area contributed by atoms with Crippen molar-refractivity contribution in [2.24, 2.45) is 0 Å². The Hall–Kier alpha value is -5.20. The number of hydrogen-bond donors (Lipinski definition) is 1. The molecule has 3 aromatic heterocycles. The third-order valence-corrected chi connectivity index (χ3v) is 5.65. The van der Waals surface area contributed by atoms with E-state index in [0.717, 1.165) is 6.07 Å². The van der Waals surface area contributed by atoms with Crippen LogP contribution in [0.25, 0.3) is 28.0 Å². The quantitative estimate of drug-likeness (QED) is 0.246. The summed E-state index contributed by atoms with van der Waals surface area (Å²) >= 11 is 0. The highest BCUT2D eigenvalue weighted by Gasteiger charge is 2.36. The highest BCUT2D eigenvalue weighted by Crippen LogP contribution is 2.38. The molecule has 0 aliphatic carbocycles. The molecule has 196 valence electrons. The van der Waals surface area contributed by atoms with Gasteiger partial charge in [-0.25, -0.2) is 28.8 Å². The van der Waals surface area contributed by atoms with Gasteiger partial charge in [0.15, 0.2) is 5.82 Å². The van der Waals surface area contributed by atoms with Gasteiger partial charge >= 0.3 is 12.1 Å². The van der Waals surface area contributed by atoms with E-state index in [-0.39, 0.29) is 34.3 Å². The number of aromatic nitrogens is 5. The number of nitrogens with one attached hydrogen (secondary N) is 1. The Morgan fingerprint density at radius 3 is 2.36 bits per heavy atom. The fourth-order valence-corrected chi connectivity index (χ4v) is 3.86. The summed E-state index contributed by atoms with van der Waals surface area (Å²) in [5.41, 5.74) is -1.92. The minimum Gasteiger partial charge on any atom is -0.464 e. The first-order valence-electron chi connectivity index (χ1n) is 11.2. The van der Waals surface area contributed by atoms with Crippen LogP contribution in [0.3, 0.4) is 0 Å². The highest BCUT2D eigenvalue weighted by molar-refractivity contribution is 6.09. The Labute approximate surface area is 217 Å². The van der Waals surface area contributed by atoms with Gasteiger partial charge < -0.3 is 10.1 Å². The van der Waals surface area contributed by atoms with Crippen molar-refractivity contribution < 1.29 is 31.9 Å². The zero-order chi connectivity index (χ0) is 27.7. The zero-order valence-electron chi connectivity index (χ0n) is 19.9. The summed E-state index contributed by atoms with van der Waals surface area (Å²) in [6.45, 7) is 0. The van der Waals surface area contributed by atoms with Gasteiger partial charge in [0.25, 0.3) is 5.91 Å². The number of esters is 1. The maximum atomic E-state index is 15.0. The molecule has 0 saturated heterocycles. The van der Waals surface area contributed by atoms with Gasteiger partial charge in [-0.15, -0.1) is 0 Å². The molecule has 1 amide bonds. The molecule has 0 saturated carbocycles. The van der Waals surface area contributed by atoms with E-state index in [1.807, 2.05) is 0 Å². The average molecular weight is 536 g/mol. The second-order valence-electron chi connectivity index (χ2n) is 8.08. The van der Waals surface area contributed by atoms with E-state index in [0.29, 0.717) is 5.69 Å². The molecular formula is C26H16F4N6O3. The predicted octanol–water partition coefficient (Wildman–Crippen LogP) is 5.07. The van der Waals surface area contributed by atoms with Crippen molar-refractivity contribution in [1.29, 1.82) is 0 Å². The van der Waals surface area contributed by atoms with E-state index in [2.05, 4.69) is 25.4 Å². The topological polar surface area (TPSA) is 112 Å². The maximum Gasteiger partial charge on any atom is 0.417 e. The number of hydrogen-bond acceptors (Lipinski definition) is 7. The first-order chi connectivity index (χ1) is 18.7. The molecule has 0 aliphatic rings. The number of fused-ring (bicyclic) bond motifs is 1. The Morgan fingerprint density at radius 1 is 0.974 bits per heavy atom. The van der Waals surface area contributed by atoms with Crippen LogP contribution in [0.15, 0.2) is 73.2 Å². The molecule has 0 unspecified atom stereocenters. The van der Waals surface area contributed by atoms with Crippen molar-refractivity contribution in [3.8, 4) is 17.1 Å². The average Bonchev–Trinajstić information content (AvgIpc) is 3.30. The van der Waals surface area contributed by atoms with Crippen molar-refractivity contribution in [3.63, 3.8) is 0 Å². The first-order valence-corrected chi connectivity index (χ1v) is 11.2. The smallest absolute Gasteiger partial charge is 0.417 e. The van der Waals surface area contributed by atoms with Crippen LogP contribution in [-0.2, 0) is 10.9 Å². The number of methoxy groups -OCH3 is 1. The number of carbonyl (C=O) groups is 2. The van der Waals surface area contributed by atoms with Gasteiger partial charge in [-0.2, -0.15) is 18.3 Å². The normalized spacial score (nSPS) is 11.4. The van der Waals surface area contributed by atoms with Crippen LogP contribution in [0.5, 0.6) is 0 Å². The number of nitrogens with zero attached hydrogens (tertiary/aromatic N) is 5. The third kappa shape index (κ3) is 4.89. The number of amides is 1. The van der Waals surface area contributed by atoms with Crippen molar-refractivity contribution in [1.82, 2.24) is 24.7 Å². The van der Waals surface area contributed by atoms with Crippen LogP contribution in [-0.4, -0.2) is 43.7 Å². The molecule has 0 atom stereocenters. The second kappa shape index (κ2) is 9.93. The van der Waals surface area contributed by atoms with Gasteiger partial charge in [0, 0.05) is 23.3 Å². The van der Waals surface area contributed by atoms with Crippen LogP contribution in [0.1, 0.15) is 26.4 Å². The lowest BCUT2D eigenvalue weighted by molar-refractivity contribution is -0.137. The zero-order valence-corrected chi connectivity index (χ0v) is 19.9. The lowest BCUT2D eigenvalue weighted by Gasteiger charge is -2.15. The van der Waals surface area contributed by atoms with Gasteiger partial charge in [-0.3, -0.25) is 4.79 Å². The van der Waals surface area contributed by atoms with E-state index < -0.39 is 40.6 Å². The lowest BCUT2D eigenvalue weighted by atomic mass is 10.0. The monoisotopic (exact) mass is 536 g/mol. The molecule has 1 N–H and O–H groups in total. The summed E-state index contributed by atoms with van der Waals surface area (Å²) in [5.74, 6) is -3.55. The Kier molecular flexibility index (Phi) is 6.48. The predicted molar refractivity (Wildman–Crippen MR) is 131 cm³/mol. The second-order valence-corrected chi connectivity index (χ2v) is 8.08. The summed E-state index contributed by atoms with van der Waals surface area (Å²) in [5, 5.41) is 7.20. The molecule has 0 spiro atoms. The van der Waals surface area contributed by atoms with E-state index in [9.17, 15) is 22.8 Å². The van der Waals surface area contributed by atoms with Crippen molar-refractivity contribution in [2.75, 3.05) is 12.4 Å². The molecule has 5 rings (SSSR count). The van der Waals surface area contributed by atoms with E-state index >= 15 is 4.39 Å². The molecule has 39 heavy (non-hydrogen) atoms. The number of benzene rings is 2. The summed E-state index contributed by atoms with van der Waals surface area (Å²) in [6, 6.07) is 12.3. The number of ether oxygens (including phenoxy) is 1. The highest BCUT2D eigenvalue weighted by atomic mass is 19.4. The summed E-state index contributed by atoms with van der Waals surface area (Å²) < 4.78 is 62.2. The maximum absolute atomic E-state index is 15.0. The number of pyridine rings is 1. The van der Waals surface area contributed by atoms with Gasteiger partial charge in [-0.05, 0) is 36.4 Å². The standard InChI is InChI=1S/C26H16F4N6O3/c1-39-25(38)20-11-17-21(13-33-20)35-36(14-6-3-2-4-7-14)23(17)34-24(37)16-10-15(22-31-8-5-9-32-22)18(12-19(16)27)26(28,29)30/h2-13H,1H3,(H,34,37). The Balaban J connectivity index is 1.65. The van der Waals surface area contributed by atoms with Crippen LogP contribution in [0, 0.1) is 5.82 Å². The lowest BCUT2D eigenvalue weighted by Crippen LogP contribution is -2.19. The van der Waals surface area contributed by atoms with Gasteiger partial charge in [0.05, 0.1) is 30.1 Å². The molecule has 0 bridgehead atoms.